The molecule has 2 aromatic rings. The molecule has 2 fully saturated rings. The Hall–Kier alpha value is -1.91. The summed E-state index contributed by atoms with van der Waals surface area (Å²) in [5.41, 5.74) is 2.97. The molecular formula is C22H28ClN3O. The number of aromatic nitrogens is 1. The summed E-state index contributed by atoms with van der Waals surface area (Å²) in [6.07, 6.45) is 5.57. The zero-order valence-electron chi connectivity index (χ0n) is 16.1. The molecule has 0 amide bonds. The lowest BCUT2D eigenvalue weighted by Crippen LogP contribution is -2.55. The molecule has 27 heavy (non-hydrogen) atoms. The minimum absolute atomic E-state index is 0. The molecule has 4 nitrogen and oxygen atoms in total. The molecule has 144 valence electrons. The topological polar surface area (TPSA) is 36.4 Å². The van der Waals surface area contributed by atoms with Gasteiger partial charge in [0, 0.05) is 49.0 Å². The number of aldehydes is 1. The van der Waals surface area contributed by atoms with Crippen molar-refractivity contribution in [3.63, 3.8) is 0 Å². The minimum Gasteiger partial charge on any atom is -0.354 e. The minimum atomic E-state index is 0. The normalized spacial score (nSPS) is 18.1. The standard InChI is InChI=1S/C22H27N3O.ClH/c1-22(2,19-8-9-19)25-13-11-24(12-14-25)21-10-7-17(15-23-21)20-6-4-3-5-18(20)16-26;/h3-7,10,15-16,19H,8-9,11-14H2,1-2H3;1H. The second kappa shape index (κ2) is 7.99. The average Bonchev–Trinajstić information content (AvgIpc) is 3.54. The number of hydrogen-bond acceptors (Lipinski definition) is 4. The first kappa shape index (κ1) is 19.8. The molecule has 5 heteroatoms. The Balaban J connectivity index is 0.00000210. The lowest BCUT2D eigenvalue weighted by Gasteiger charge is -2.44. The largest absolute Gasteiger partial charge is 0.354 e. The Morgan fingerprint density at radius 2 is 1.74 bits per heavy atom. The van der Waals surface area contributed by atoms with E-state index in [1.54, 1.807) is 0 Å². The van der Waals surface area contributed by atoms with Gasteiger partial charge in [0.2, 0.25) is 0 Å². The molecule has 0 radical (unpaired) electrons. The third-order valence-corrected chi connectivity index (χ3v) is 6.14. The molecule has 1 saturated heterocycles. The molecular weight excluding hydrogens is 358 g/mol. The number of benzene rings is 1. The Labute approximate surface area is 168 Å². The van der Waals surface area contributed by atoms with E-state index in [9.17, 15) is 4.79 Å². The van der Waals surface area contributed by atoms with E-state index in [-0.39, 0.29) is 12.4 Å². The smallest absolute Gasteiger partial charge is 0.150 e. The predicted molar refractivity (Wildman–Crippen MR) is 113 cm³/mol. The first-order chi connectivity index (χ1) is 12.6. The first-order valence-electron chi connectivity index (χ1n) is 9.60. The molecule has 0 bridgehead atoms. The van der Waals surface area contributed by atoms with E-state index in [1.165, 1.54) is 12.8 Å². The average molecular weight is 386 g/mol. The molecule has 4 rings (SSSR count). The van der Waals surface area contributed by atoms with Crippen molar-refractivity contribution in [3.05, 3.63) is 48.2 Å². The Morgan fingerprint density at radius 3 is 2.33 bits per heavy atom. The number of carbonyl (C=O) groups excluding carboxylic acids is 1. The van der Waals surface area contributed by atoms with Gasteiger partial charge in [-0.3, -0.25) is 9.69 Å². The van der Waals surface area contributed by atoms with E-state index in [0.29, 0.717) is 11.1 Å². The highest BCUT2D eigenvalue weighted by Crippen LogP contribution is 2.43. The van der Waals surface area contributed by atoms with Gasteiger partial charge in [-0.25, -0.2) is 4.98 Å². The van der Waals surface area contributed by atoms with Crippen molar-refractivity contribution in [2.24, 2.45) is 5.92 Å². The van der Waals surface area contributed by atoms with E-state index in [0.717, 1.165) is 55.3 Å². The monoisotopic (exact) mass is 385 g/mol. The van der Waals surface area contributed by atoms with Crippen LogP contribution < -0.4 is 4.90 Å². The second-order valence-corrected chi connectivity index (χ2v) is 8.01. The molecule has 0 atom stereocenters. The fourth-order valence-corrected chi connectivity index (χ4v) is 4.15. The summed E-state index contributed by atoms with van der Waals surface area (Å²) in [5, 5.41) is 0. The van der Waals surface area contributed by atoms with Crippen LogP contribution in [0, 0.1) is 5.92 Å². The molecule has 0 unspecified atom stereocenters. The third kappa shape index (κ3) is 4.02. The van der Waals surface area contributed by atoms with Gasteiger partial charge in [0.15, 0.2) is 6.29 Å². The highest BCUT2D eigenvalue weighted by atomic mass is 35.5. The highest BCUT2D eigenvalue weighted by Gasteiger charge is 2.42. The number of pyridine rings is 1. The van der Waals surface area contributed by atoms with Crippen molar-refractivity contribution in [1.29, 1.82) is 0 Å². The van der Waals surface area contributed by atoms with Gasteiger partial charge in [0.25, 0.3) is 0 Å². The Kier molecular flexibility index (Phi) is 5.87. The SMILES string of the molecule is CC(C)(C1CC1)N1CCN(c2ccc(-c3ccccc3C=O)cn2)CC1.Cl. The molecule has 2 heterocycles. The van der Waals surface area contributed by atoms with E-state index >= 15 is 0 Å². The second-order valence-electron chi connectivity index (χ2n) is 8.01. The molecule has 2 aliphatic rings. The van der Waals surface area contributed by atoms with Crippen LogP contribution in [0.25, 0.3) is 11.1 Å². The molecule has 0 spiro atoms. The summed E-state index contributed by atoms with van der Waals surface area (Å²) in [6.45, 7) is 9.04. The molecule has 1 aliphatic heterocycles. The number of halogens is 1. The molecule has 1 aromatic carbocycles. The summed E-state index contributed by atoms with van der Waals surface area (Å²) in [6, 6.07) is 11.8. The van der Waals surface area contributed by atoms with E-state index < -0.39 is 0 Å². The van der Waals surface area contributed by atoms with Crippen LogP contribution in [0.15, 0.2) is 42.6 Å². The maximum Gasteiger partial charge on any atom is 0.150 e. The number of carbonyl (C=O) groups is 1. The Morgan fingerprint density at radius 1 is 1.04 bits per heavy atom. The van der Waals surface area contributed by atoms with Gasteiger partial charge in [-0.05, 0) is 50.3 Å². The highest BCUT2D eigenvalue weighted by molar-refractivity contribution is 5.87. The van der Waals surface area contributed by atoms with Gasteiger partial charge in [0.05, 0.1) is 0 Å². The molecule has 1 aliphatic carbocycles. The lowest BCUT2D eigenvalue weighted by atomic mass is 9.95. The fourth-order valence-electron chi connectivity index (χ4n) is 4.15. The van der Waals surface area contributed by atoms with Gasteiger partial charge in [-0.15, -0.1) is 12.4 Å². The Bertz CT molecular complexity index is 778. The summed E-state index contributed by atoms with van der Waals surface area (Å²) >= 11 is 0. The van der Waals surface area contributed by atoms with Gasteiger partial charge in [0.1, 0.15) is 5.82 Å². The van der Waals surface area contributed by atoms with Crippen molar-refractivity contribution in [2.45, 2.75) is 32.2 Å². The number of hydrogen-bond donors (Lipinski definition) is 0. The van der Waals surface area contributed by atoms with Crippen LogP contribution in [0.1, 0.15) is 37.0 Å². The van der Waals surface area contributed by atoms with Gasteiger partial charge < -0.3 is 4.90 Å². The van der Waals surface area contributed by atoms with Crippen LogP contribution in [0.2, 0.25) is 0 Å². The summed E-state index contributed by atoms with van der Waals surface area (Å²) in [7, 11) is 0. The summed E-state index contributed by atoms with van der Waals surface area (Å²) in [4.78, 5) is 20.9. The molecule has 0 N–H and O–H groups in total. The van der Waals surface area contributed by atoms with Crippen LogP contribution in [-0.4, -0.2) is 47.9 Å². The number of rotatable bonds is 5. The zero-order chi connectivity index (χ0) is 18.1. The maximum absolute atomic E-state index is 11.2. The van der Waals surface area contributed by atoms with Crippen molar-refractivity contribution >= 4 is 24.5 Å². The fraction of sp³-hybridized carbons (Fsp3) is 0.455. The van der Waals surface area contributed by atoms with Crippen molar-refractivity contribution in [3.8, 4) is 11.1 Å². The van der Waals surface area contributed by atoms with E-state index in [2.05, 4.69) is 40.8 Å². The molecule has 1 saturated carbocycles. The van der Waals surface area contributed by atoms with Gasteiger partial charge in [-0.1, -0.05) is 24.3 Å². The number of piperazine rings is 1. The molecule has 1 aromatic heterocycles. The predicted octanol–water partition coefficient (Wildman–Crippen LogP) is 4.29. The lowest BCUT2D eigenvalue weighted by molar-refractivity contribution is 0.0918. The number of nitrogens with zero attached hydrogens (tertiary/aromatic N) is 3. The van der Waals surface area contributed by atoms with Crippen LogP contribution in [0.3, 0.4) is 0 Å². The van der Waals surface area contributed by atoms with Crippen molar-refractivity contribution in [1.82, 2.24) is 9.88 Å². The summed E-state index contributed by atoms with van der Waals surface area (Å²) < 4.78 is 0. The van der Waals surface area contributed by atoms with Gasteiger partial charge >= 0.3 is 0 Å². The van der Waals surface area contributed by atoms with Crippen LogP contribution >= 0.6 is 12.4 Å². The maximum atomic E-state index is 11.2. The number of anilines is 1. The third-order valence-electron chi connectivity index (χ3n) is 6.14. The van der Waals surface area contributed by atoms with Crippen LogP contribution in [-0.2, 0) is 0 Å². The van der Waals surface area contributed by atoms with E-state index in [1.807, 2.05) is 30.5 Å². The van der Waals surface area contributed by atoms with Gasteiger partial charge in [-0.2, -0.15) is 0 Å². The first-order valence-corrected chi connectivity index (χ1v) is 9.60. The summed E-state index contributed by atoms with van der Waals surface area (Å²) in [5.74, 6) is 1.91. The quantitative estimate of drug-likeness (QED) is 0.719. The van der Waals surface area contributed by atoms with Crippen molar-refractivity contribution in [2.75, 3.05) is 31.1 Å². The van der Waals surface area contributed by atoms with E-state index in [4.69, 9.17) is 0 Å². The van der Waals surface area contributed by atoms with Crippen LogP contribution in [0.4, 0.5) is 5.82 Å². The van der Waals surface area contributed by atoms with Crippen molar-refractivity contribution < 1.29 is 4.79 Å². The van der Waals surface area contributed by atoms with Crippen LogP contribution in [0.5, 0.6) is 0 Å². The zero-order valence-corrected chi connectivity index (χ0v) is 16.9.